The monoisotopic (exact) mass is 232 g/mol. The molecule has 0 bridgehead atoms. The molecule has 0 atom stereocenters. The van der Waals surface area contributed by atoms with E-state index in [9.17, 15) is 8.78 Å². The quantitative estimate of drug-likeness (QED) is 0.810. The molecule has 1 aliphatic heterocycles. The van der Waals surface area contributed by atoms with E-state index in [0.29, 0.717) is 0 Å². The Bertz CT molecular complexity index is 273. The van der Waals surface area contributed by atoms with Crippen LogP contribution in [-0.4, -0.2) is 30.3 Å². The number of alkyl halides is 2. The van der Waals surface area contributed by atoms with Crippen LogP contribution in [-0.2, 0) is 4.84 Å². The Kier molecular flexibility index (Phi) is 3.42. The van der Waals surface area contributed by atoms with Gasteiger partial charge in [-0.15, -0.1) is 0 Å². The Hall–Kier alpha value is -0.710. The van der Waals surface area contributed by atoms with Gasteiger partial charge >= 0.3 is 0 Å². The van der Waals surface area contributed by atoms with Crippen molar-refractivity contribution >= 4 is 5.71 Å². The fraction of sp³-hybridized carbons (Fsp3) is 0.909. The van der Waals surface area contributed by atoms with Crippen LogP contribution in [0.2, 0.25) is 0 Å². The Morgan fingerprint density at radius 1 is 1.50 bits per heavy atom. The molecule has 0 unspecified atom stereocenters. The van der Waals surface area contributed by atoms with Crippen LogP contribution in [0, 0.1) is 0 Å². The predicted molar refractivity (Wildman–Crippen MR) is 57.8 cm³/mol. The smallest absolute Gasteiger partial charge is 0.250 e. The molecule has 1 N–H and O–H groups in total. The average Bonchev–Trinajstić information content (AvgIpc) is 2.59. The van der Waals surface area contributed by atoms with Gasteiger partial charge in [0.15, 0.2) is 0 Å². The maximum absolute atomic E-state index is 12.0. The van der Waals surface area contributed by atoms with Crippen molar-refractivity contribution in [2.45, 2.75) is 57.1 Å². The van der Waals surface area contributed by atoms with E-state index >= 15 is 0 Å². The van der Waals surface area contributed by atoms with Gasteiger partial charge in [-0.2, -0.15) is 0 Å². The minimum atomic E-state index is -2.26. The van der Waals surface area contributed by atoms with Gasteiger partial charge in [0.05, 0.1) is 12.3 Å². The predicted octanol–water partition coefficient (Wildman–Crippen LogP) is 2.32. The Morgan fingerprint density at radius 2 is 2.19 bits per heavy atom. The summed E-state index contributed by atoms with van der Waals surface area (Å²) in [6.07, 6.45) is 2.26. The fourth-order valence-electron chi connectivity index (χ4n) is 2.58. The topological polar surface area (TPSA) is 33.6 Å². The minimum absolute atomic E-state index is 0.118. The summed E-state index contributed by atoms with van der Waals surface area (Å²) in [5.41, 5.74) is 0.923. The van der Waals surface area contributed by atoms with Gasteiger partial charge in [0.2, 0.25) is 0 Å². The van der Waals surface area contributed by atoms with E-state index < -0.39 is 6.43 Å². The highest BCUT2D eigenvalue weighted by molar-refractivity contribution is 5.83. The van der Waals surface area contributed by atoms with Crippen LogP contribution in [0.1, 0.15) is 39.0 Å². The SMILES string of the molecule is CC1=NOC2(CCC(NCC(F)F)CC2)C1. The molecule has 0 saturated heterocycles. The molecule has 1 spiro atoms. The molecule has 92 valence electrons. The van der Waals surface area contributed by atoms with Crippen LogP contribution in [0.3, 0.4) is 0 Å². The number of hydrogen-bond acceptors (Lipinski definition) is 3. The molecule has 16 heavy (non-hydrogen) atoms. The second-order valence-corrected chi connectivity index (χ2v) is 4.85. The first-order valence-corrected chi connectivity index (χ1v) is 5.83. The van der Waals surface area contributed by atoms with Gasteiger partial charge in [-0.25, -0.2) is 8.78 Å². The van der Waals surface area contributed by atoms with Crippen molar-refractivity contribution in [1.82, 2.24) is 5.32 Å². The number of halogens is 2. The summed E-state index contributed by atoms with van der Waals surface area (Å²) in [7, 11) is 0. The zero-order chi connectivity index (χ0) is 11.6. The summed E-state index contributed by atoms with van der Waals surface area (Å²) in [5.74, 6) is 0. The largest absolute Gasteiger partial charge is 0.389 e. The Labute approximate surface area is 94.2 Å². The van der Waals surface area contributed by atoms with Crippen molar-refractivity contribution < 1.29 is 13.6 Å². The van der Waals surface area contributed by atoms with Crippen molar-refractivity contribution in [3.8, 4) is 0 Å². The fourth-order valence-corrected chi connectivity index (χ4v) is 2.58. The lowest BCUT2D eigenvalue weighted by Gasteiger charge is -2.35. The van der Waals surface area contributed by atoms with Gasteiger partial charge in [-0.05, 0) is 32.6 Å². The Balaban J connectivity index is 1.75. The molecule has 3 nitrogen and oxygen atoms in total. The number of nitrogens with zero attached hydrogens (tertiary/aromatic N) is 1. The van der Waals surface area contributed by atoms with Gasteiger partial charge in [0.1, 0.15) is 5.60 Å². The molecule has 0 amide bonds. The normalized spacial score (nSPS) is 34.2. The van der Waals surface area contributed by atoms with Gasteiger partial charge < -0.3 is 10.2 Å². The van der Waals surface area contributed by atoms with E-state index in [1.165, 1.54) is 0 Å². The molecular formula is C11H18F2N2O. The first kappa shape index (κ1) is 11.8. The number of oxime groups is 1. The number of hydrogen-bond donors (Lipinski definition) is 1. The maximum atomic E-state index is 12.0. The molecule has 2 aliphatic rings. The lowest BCUT2D eigenvalue weighted by Crippen LogP contribution is -2.42. The van der Waals surface area contributed by atoms with Crippen molar-refractivity contribution in [2.24, 2.45) is 5.16 Å². The molecule has 0 aromatic rings. The van der Waals surface area contributed by atoms with Gasteiger partial charge in [-0.1, -0.05) is 5.16 Å². The van der Waals surface area contributed by atoms with Crippen LogP contribution in [0.25, 0.3) is 0 Å². The molecule has 1 saturated carbocycles. The molecular weight excluding hydrogens is 214 g/mol. The van der Waals surface area contributed by atoms with Gasteiger partial charge in [0, 0.05) is 12.5 Å². The highest BCUT2D eigenvalue weighted by Crippen LogP contribution is 2.38. The highest BCUT2D eigenvalue weighted by Gasteiger charge is 2.41. The number of rotatable bonds is 3. The summed E-state index contributed by atoms with van der Waals surface area (Å²) in [4.78, 5) is 5.48. The molecule has 2 rings (SSSR count). The van der Waals surface area contributed by atoms with Crippen LogP contribution in [0.15, 0.2) is 5.16 Å². The third kappa shape index (κ3) is 2.70. The number of nitrogens with one attached hydrogen (secondary N) is 1. The van der Waals surface area contributed by atoms with E-state index in [2.05, 4.69) is 10.5 Å². The van der Waals surface area contributed by atoms with Crippen molar-refractivity contribution in [3.05, 3.63) is 0 Å². The van der Waals surface area contributed by atoms with E-state index in [1.807, 2.05) is 6.92 Å². The molecule has 1 aliphatic carbocycles. The summed E-state index contributed by atoms with van der Waals surface area (Å²) < 4.78 is 24.1. The van der Waals surface area contributed by atoms with Crippen LogP contribution in [0.4, 0.5) is 8.78 Å². The lowest BCUT2D eigenvalue weighted by molar-refractivity contribution is -0.0506. The van der Waals surface area contributed by atoms with E-state index in [-0.39, 0.29) is 18.2 Å². The highest BCUT2D eigenvalue weighted by atomic mass is 19.3. The van der Waals surface area contributed by atoms with Gasteiger partial charge in [-0.3, -0.25) is 0 Å². The van der Waals surface area contributed by atoms with Crippen molar-refractivity contribution in [1.29, 1.82) is 0 Å². The van der Waals surface area contributed by atoms with Crippen molar-refractivity contribution in [2.75, 3.05) is 6.54 Å². The summed E-state index contributed by atoms with van der Waals surface area (Å²) in [6, 6.07) is 0.212. The van der Waals surface area contributed by atoms with Crippen molar-refractivity contribution in [3.63, 3.8) is 0 Å². The average molecular weight is 232 g/mol. The third-order valence-corrected chi connectivity index (χ3v) is 3.43. The second kappa shape index (κ2) is 4.65. The molecule has 0 aromatic carbocycles. The first-order chi connectivity index (χ1) is 7.60. The molecule has 1 fully saturated rings. The summed E-state index contributed by atoms with van der Waals surface area (Å²) in [6.45, 7) is 1.77. The summed E-state index contributed by atoms with van der Waals surface area (Å²) in [5, 5.41) is 6.88. The molecule has 5 heteroatoms. The van der Waals surface area contributed by atoms with E-state index in [4.69, 9.17) is 4.84 Å². The first-order valence-electron chi connectivity index (χ1n) is 5.83. The lowest BCUT2D eigenvalue weighted by atomic mass is 9.79. The zero-order valence-electron chi connectivity index (χ0n) is 9.51. The van der Waals surface area contributed by atoms with E-state index in [1.54, 1.807) is 0 Å². The van der Waals surface area contributed by atoms with Crippen LogP contribution >= 0.6 is 0 Å². The van der Waals surface area contributed by atoms with Gasteiger partial charge in [0.25, 0.3) is 6.43 Å². The standard InChI is InChI=1S/C11H18F2N2O/c1-8-6-11(16-15-8)4-2-9(3-5-11)14-7-10(12)13/h9-10,14H,2-7H2,1H3. The molecule has 0 radical (unpaired) electrons. The Morgan fingerprint density at radius 3 is 2.69 bits per heavy atom. The molecule has 1 heterocycles. The zero-order valence-corrected chi connectivity index (χ0v) is 9.51. The third-order valence-electron chi connectivity index (χ3n) is 3.43. The van der Waals surface area contributed by atoms with E-state index in [0.717, 1.165) is 37.8 Å². The second-order valence-electron chi connectivity index (χ2n) is 4.85. The van der Waals surface area contributed by atoms with Crippen LogP contribution < -0.4 is 5.32 Å². The van der Waals surface area contributed by atoms with Crippen LogP contribution in [0.5, 0.6) is 0 Å². The summed E-state index contributed by atoms with van der Waals surface area (Å²) >= 11 is 0. The minimum Gasteiger partial charge on any atom is -0.389 e. The molecule has 0 aromatic heterocycles. The maximum Gasteiger partial charge on any atom is 0.250 e.